The molecule has 1 aliphatic carbocycles. The van der Waals surface area contributed by atoms with Crippen molar-refractivity contribution in [3.63, 3.8) is 0 Å². The van der Waals surface area contributed by atoms with E-state index >= 15 is 0 Å². The molecule has 0 spiro atoms. The highest BCUT2D eigenvalue weighted by Gasteiger charge is 2.25. The first-order chi connectivity index (χ1) is 14.3. The highest BCUT2D eigenvalue weighted by Crippen LogP contribution is 2.39. The third kappa shape index (κ3) is 3.40. The predicted octanol–water partition coefficient (Wildman–Crippen LogP) is 3.16. The molecule has 8 nitrogen and oxygen atoms in total. The summed E-state index contributed by atoms with van der Waals surface area (Å²) in [7, 11) is 0. The molecule has 4 rings (SSSR count). The van der Waals surface area contributed by atoms with Crippen LogP contribution in [0.2, 0.25) is 0 Å². The zero-order chi connectivity index (χ0) is 21.6. The summed E-state index contributed by atoms with van der Waals surface area (Å²) in [6, 6.07) is 2.20. The summed E-state index contributed by atoms with van der Waals surface area (Å²) in [5.74, 6) is -1.00. The number of rotatable bonds is 4. The molecule has 0 bridgehead atoms. The van der Waals surface area contributed by atoms with Gasteiger partial charge in [-0.1, -0.05) is 6.92 Å². The standard InChI is InChI=1S/C20H18N4O4S2/c1-9-3-4-11-12(6-21)17(29-13(11)5-9)23-14(25)7-24-8-22-18-15(19(24)26)10(2)16(30-18)20(27)28/h8-9H,3-5,7H2,1-2H3,(H,23,25)(H,27,28). The van der Waals surface area contributed by atoms with Crippen molar-refractivity contribution in [2.45, 2.75) is 39.7 Å². The molecule has 0 fully saturated rings. The van der Waals surface area contributed by atoms with E-state index in [4.69, 9.17) is 0 Å². The van der Waals surface area contributed by atoms with Gasteiger partial charge in [-0.15, -0.1) is 22.7 Å². The second kappa shape index (κ2) is 7.66. The van der Waals surface area contributed by atoms with Gasteiger partial charge in [0.2, 0.25) is 5.91 Å². The molecule has 0 radical (unpaired) electrons. The number of carboxylic acid groups (broad SMARTS) is 1. The molecule has 154 valence electrons. The molecule has 1 unspecified atom stereocenters. The minimum absolute atomic E-state index is 0.0638. The SMILES string of the molecule is Cc1c(C(=O)O)sc2ncn(CC(=O)Nc3sc4c(c3C#N)CCC(C)C4)c(=O)c12. The Kier molecular flexibility index (Phi) is 5.17. The fraction of sp³-hybridized carbons (Fsp3) is 0.350. The molecule has 0 saturated heterocycles. The van der Waals surface area contributed by atoms with E-state index in [0.29, 0.717) is 26.9 Å². The fourth-order valence-electron chi connectivity index (χ4n) is 3.75. The van der Waals surface area contributed by atoms with Gasteiger partial charge in [0.25, 0.3) is 5.56 Å². The topological polar surface area (TPSA) is 125 Å². The van der Waals surface area contributed by atoms with Gasteiger partial charge in [0.1, 0.15) is 27.3 Å². The molecule has 0 aromatic carbocycles. The van der Waals surface area contributed by atoms with Gasteiger partial charge in [-0.25, -0.2) is 9.78 Å². The number of carbonyl (C=O) groups excluding carboxylic acids is 1. The fourth-order valence-corrected chi connectivity index (χ4v) is 6.11. The first kappa shape index (κ1) is 20.3. The van der Waals surface area contributed by atoms with Crippen LogP contribution in [-0.4, -0.2) is 26.5 Å². The van der Waals surface area contributed by atoms with Crippen LogP contribution in [0, 0.1) is 24.2 Å². The number of hydrogen-bond acceptors (Lipinski definition) is 7. The van der Waals surface area contributed by atoms with Crippen molar-refractivity contribution < 1.29 is 14.7 Å². The number of aromatic nitrogens is 2. The average Bonchev–Trinajstić information content (AvgIpc) is 3.20. The van der Waals surface area contributed by atoms with E-state index < -0.39 is 17.4 Å². The summed E-state index contributed by atoms with van der Waals surface area (Å²) in [5.41, 5.74) is 1.42. The van der Waals surface area contributed by atoms with E-state index in [1.807, 2.05) is 0 Å². The zero-order valence-electron chi connectivity index (χ0n) is 16.3. The van der Waals surface area contributed by atoms with Gasteiger partial charge >= 0.3 is 5.97 Å². The zero-order valence-corrected chi connectivity index (χ0v) is 17.9. The van der Waals surface area contributed by atoms with E-state index in [9.17, 15) is 24.8 Å². The third-order valence-electron chi connectivity index (χ3n) is 5.30. The van der Waals surface area contributed by atoms with Crippen molar-refractivity contribution in [3.8, 4) is 6.07 Å². The lowest BCUT2D eigenvalue weighted by Crippen LogP contribution is -2.27. The summed E-state index contributed by atoms with van der Waals surface area (Å²) < 4.78 is 1.16. The quantitative estimate of drug-likeness (QED) is 0.639. The molecule has 3 aromatic heterocycles. The maximum atomic E-state index is 12.8. The number of nitrogens with one attached hydrogen (secondary N) is 1. The van der Waals surface area contributed by atoms with Gasteiger partial charge in [-0.3, -0.25) is 14.2 Å². The van der Waals surface area contributed by atoms with Gasteiger partial charge in [0.15, 0.2) is 0 Å². The Hall–Kier alpha value is -3.03. The lowest BCUT2D eigenvalue weighted by Gasteiger charge is -2.17. The van der Waals surface area contributed by atoms with E-state index in [2.05, 4.69) is 23.3 Å². The second-order valence-electron chi connectivity index (χ2n) is 7.43. The summed E-state index contributed by atoms with van der Waals surface area (Å²) >= 11 is 2.36. The molecule has 1 aliphatic rings. The lowest BCUT2D eigenvalue weighted by atomic mass is 9.89. The molecule has 3 aromatic rings. The van der Waals surface area contributed by atoms with Crippen molar-refractivity contribution in [2.75, 3.05) is 5.32 Å². The number of amides is 1. The Balaban J connectivity index is 1.61. The van der Waals surface area contributed by atoms with Crippen molar-refractivity contribution in [2.24, 2.45) is 5.92 Å². The van der Waals surface area contributed by atoms with Crippen LogP contribution in [0.25, 0.3) is 10.2 Å². The highest BCUT2D eigenvalue weighted by molar-refractivity contribution is 7.20. The van der Waals surface area contributed by atoms with E-state index in [-0.39, 0.29) is 16.8 Å². The van der Waals surface area contributed by atoms with Crippen LogP contribution in [-0.2, 0) is 24.2 Å². The van der Waals surface area contributed by atoms with Crippen LogP contribution < -0.4 is 10.9 Å². The van der Waals surface area contributed by atoms with Gasteiger partial charge < -0.3 is 10.4 Å². The lowest BCUT2D eigenvalue weighted by molar-refractivity contribution is -0.116. The number of carboxylic acids is 1. The first-order valence-corrected chi connectivity index (χ1v) is 11.0. The molecule has 1 amide bonds. The molecular formula is C20H18N4O4S2. The number of nitriles is 1. The summed E-state index contributed by atoms with van der Waals surface area (Å²) in [5, 5.41) is 22.3. The van der Waals surface area contributed by atoms with E-state index in [1.165, 1.54) is 17.7 Å². The molecule has 0 saturated carbocycles. The molecule has 1 atom stereocenters. The minimum Gasteiger partial charge on any atom is -0.477 e. The van der Waals surface area contributed by atoms with E-state index in [0.717, 1.165) is 45.6 Å². The molecule has 3 heterocycles. The molecule has 30 heavy (non-hydrogen) atoms. The van der Waals surface area contributed by atoms with Crippen LogP contribution in [0.3, 0.4) is 0 Å². The van der Waals surface area contributed by atoms with Crippen molar-refractivity contribution in [3.05, 3.63) is 43.1 Å². The summed E-state index contributed by atoms with van der Waals surface area (Å²) in [4.78, 5) is 42.4. The maximum absolute atomic E-state index is 12.8. The predicted molar refractivity (Wildman–Crippen MR) is 114 cm³/mol. The Labute approximate surface area is 179 Å². The largest absolute Gasteiger partial charge is 0.477 e. The number of nitrogens with zero attached hydrogens (tertiary/aromatic N) is 3. The van der Waals surface area contributed by atoms with Gasteiger partial charge in [0.05, 0.1) is 17.3 Å². The normalized spacial score (nSPS) is 15.6. The maximum Gasteiger partial charge on any atom is 0.346 e. The number of carbonyl (C=O) groups is 2. The van der Waals surface area contributed by atoms with Gasteiger partial charge in [-0.2, -0.15) is 5.26 Å². The minimum atomic E-state index is -1.11. The van der Waals surface area contributed by atoms with Gasteiger partial charge in [-0.05, 0) is 43.2 Å². The van der Waals surface area contributed by atoms with Crippen LogP contribution in [0.15, 0.2) is 11.1 Å². The number of anilines is 1. The highest BCUT2D eigenvalue weighted by atomic mass is 32.1. The van der Waals surface area contributed by atoms with Crippen LogP contribution in [0.4, 0.5) is 5.00 Å². The average molecular weight is 443 g/mol. The van der Waals surface area contributed by atoms with Crippen molar-refractivity contribution in [1.29, 1.82) is 5.26 Å². The van der Waals surface area contributed by atoms with Crippen LogP contribution >= 0.6 is 22.7 Å². The van der Waals surface area contributed by atoms with Crippen LogP contribution in [0.5, 0.6) is 0 Å². The number of aryl methyl sites for hydroxylation is 1. The Morgan fingerprint density at radius 1 is 1.43 bits per heavy atom. The molecule has 2 N–H and O–H groups in total. The summed E-state index contributed by atoms with van der Waals surface area (Å²) in [6.45, 7) is 3.46. The molecular weight excluding hydrogens is 424 g/mol. The summed E-state index contributed by atoms with van der Waals surface area (Å²) in [6.07, 6.45) is 3.99. The Morgan fingerprint density at radius 2 is 2.20 bits per heavy atom. The Bertz CT molecular complexity index is 1290. The smallest absolute Gasteiger partial charge is 0.346 e. The number of hydrogen-bond donors (Lipinski definition) is 2. The monoisotopic (exact) mass is 442 g/mol. The number of thiophene rings is 2. The second-order valence-corrected chi connectivity index (χ2v) is 9.54. The van der Waals surface area contributed by atoms with Crippen molar-refractivity contribution in [1.82, 2.24) is 9.55 Å². The Morgan fingerprint density at radius 3 is 2.90 bits per heavy atom. The molecule has 0 aliphatic heterocycles. The number of fused-ring (bicyclic) bond motifs is 2. The van der Waals surface area contributed by atoms with Crippen molar-refractivity contribution >= 4 is 49.8 Å². The number of aromatic carboxylic acids is 1. The third-order valence-corrected chi connectivity index (χ3v) is 7.66. The molecule has 10 heteroatoms. The van der Waals surface area contributed by atoms with Crippen LogP contribution in [0.1, 0.15) is 44.6 Å². The van der Waals surface area contributed by atoms with E-state index in [1.54, 1.807) is 6.92 Å². The van der Waals surface area contributed by atoms with Gasteiger partial charge in [0, 0.05) is 4.88 Å². The first-order valence-electron chi connectivity index (χ1n) is 9.36.